The number of ether oxygens (including phenoxy) is 1. The largest absolute Gasteiger partial charge is 0.495 e. The summed E-state index contributed by atoms with van der Waals surface area (Å²) in [5.74, 6) is 0.193. The van der Waals surface area contributed by atoms with E-state index in [2.05, 4.69) is 4.90 Å². The lowest BCUT2D eigenvalue weighted by Gasteiger charge is -2.31. The molecule has 2 N–H and O–H groups in total. The fourth-order valence-electron chi connectivity index (χ4n) is 2.22. The van der Waals surface area contributed by atoms with E-state index in [4.69, 9.17) is 4.74 Å². The molecule has 1 aromatic rings. The van der Waals surface area contributed by atoms with Crippen molar-refractivity contribution >= 4 is 22.6 Å². The Labute approximate surface area is 124 Å². The molecule has 1 aromatic carbocycles. The van der Waals surface area contributed by atoms with Gasteiger partial charge in [-0.15, -0.1) is 0 Å². The van der Waals surface area contributed by atoms with Crippen molar-refractivity contribution in [2.75, 3.05) is 40.3 Å². The van der Waals surface area contributed by atoms with Crippen molar-refractivity contribution in [2.24, 2.45) is 0 Å². The van der Waals surface area contributed by atoms with Crippen molar-refractivity contribution in [1.82, 2.24) is 9.21 Å². The molecule has 0 amide bonds. The standard InChI is InChI=1S/C12H19BN2O5S/c1-14-5-7-15(8-6-14)21(18,19)12-9-10(13(16)17)3-4-11(12)20-2/h3-4,9,16-17H,5-8H2,1-2H3. The number of methoxy groups -OCH3 is 1. The number of hydrogen-bond donors (Lipinski definition) is 2. The topological polar surface area (TPSA) is 90.3 Å². The third-order valence-electron chi connectivity index (χ3n) is 3.57. The molecule has 1 aliphatic heterocycles. The van der Waals surface area contributed by atoms with Crippen LogP contribution in [-0.4, -0.2) is 75.1 Å². The first kappa shape index (κ1) is 16.2. The van der Waals surface area contributed by atoms with E-state index in [9.17, 15) is 18.5 Å². The second-order valence-corrected chi connectivity index (χ2v) is 6.90. The molecule has 1 heterocycles. The summed E-state index contributed by atoms with van der Waals surface area (Å²) in [6.07, 6.45) is 0. The van der Waals surface area contributed by atoms with Crippen molar-refractivity contribution in [3.63, 3.8) is 0 Å². The Balaban J connectivity index is 2.40. The highest BCUT2D eigenvalue weighted by atomic mass is 32.2. The normalized spacial score (nSPS) is 17.7. The molecule has 1 aliphatic rings. The van der Waals surface area contributed by atoms with E-state index in [0.29, 0.717) is 26.2 Å². The van der Waals surface area contributed by atoms with Crippen molar-refractivity contribution in [3.05, 3.63) is 18.2 Å². The van der Waals surface area contributed by atoms with Gasteiger partial charge in [-0.3, -0.25) is 0 Å². The molecule has 0 saturated carbocycles. The van der Waals surface area contributed by atoms with Crippen LogP contribution >= 0.6 is 0 Å². The Morgan fingerprint density at radius 3 is 2.33 bits per heavy atom. The maximum Gasteiger partial charge on any atom is 0.488 e. The Morgan fingerprint density at radius 2 is 1.81 bits per heavy atom. The highest BCUT2D eigenvalue weighted by Crippen LogP contribution is 2.26. The molecular formula is C12H19BN2O5S. The summed E-state index contributed by atoms with van der Waals surface area (Å²) in [5.41, 5.74) is 0.114. The van der Waals surface area contributed by atoms with Crippen LogP contribution < -0.4 is 10.2 Å². The average Bonchev–Trinajstić information content (AvgIpc) is 2.46. The van der Waals surface area contributed by atoms with Crippen LogP contribution in [0.25, 0.3) is 0 Å². The van der Waals surface area contributed by atoms with E-state index in [-0.39, 0.29) is 16.1 Å². The molecule has 7 nitrogen and oxygen atoms in total. The predicted octanol–water partition coefficient (Wildman–Crippen LogP) is -1.69. The molecule has 2 rings (SSSR count). The summed E-state index contributed by atoms with van der Waals surface area (Å²) in [4.78, 5) is 2.01. The third-order valence-corrected chi connectivity index (χ3v) is 5.49. The molecule has 0 bridgehead atoms. The van der Waals surface area contributed by atoms with Crippen molar-refractivity contribution in [1.29, 1.82) is 0 Å². The Hall–Kier alpha value is -1.13. The van der Waals surface area contributed by atoms with E-state index in [0.717, 1.165) is 0 Å². The number of likely N-dealkylation sites (N-methyl/N-ethyl adjacent to an activating group) is 1. The summed E-state index contributed by atoms with van der Waals surface area (Å²) < 4.78 is 31.9. The number of hydrogen-bond acceptors (Lipinski definition) is 6. The van der Waals surface area contributed by atoms with E-state index in [1.54, 1.807) is 0 Å². The maximum atomic E-state index is 12.7. The van der Waals surface area contributed by atoms with Crippen molar-refractivity contribution in [2.45, 2.75) is 4.90 Å². The summed E-state index contributed by atoms with van der Waals surface area (Å²) >= 11 is 0. The molecule has 1 fully saturated rings. The Kier molecular flexibility index (Phi) is 4.90. The van der Waals surface area contributed by atoms with Gasteiger partial charge in [0.1, 0.15) is 10.6 Å². The SMILES string of the molecule is COc1ccc(B(O)O)cc1S(=O)(=O)N1CCN(C)CC1. The number of piperazine rings is 1. The van der Waals surface area contributed by atoms with Crippen LogP contribution in [0.3, 0.4) is 0 Å². The van der Waals surface area contributed by atoms with Crippen LogP contribution in [0.4, 0.5) is 0 Å². The molecule has 0 aliphatic carbocycles. The van der Waals surface area contributed by atoms with Gasteiger partial charge >= 0.3 is 7.12 Å². The van der Waals surface area contributed by atoms with Gasteiger partial charge in [0.2, 0.25) is 10.0 Å². The average molecular weight is 314 g/mol. The molecule has 21 heavy (non-hydrogen) atoms. The predicted molar refractivity (Wildman–Crippen MR) is 79.1 cm³/mol. The van der Waals surface area contributed by atoms with Crippen LogP contribution in [0.1, 0.15) is 0 Å². The second kappa shape index (κ2) is 6.33. The maximum absolute atomic E-state index is 12.7. The molecule has 0 spiro atoms. The van der Waals surface area contributed by atoms with Crippen LogP contribution in [0.5, 0.6) is 5.75 Å². The zero-order valence-corrected chi connectivity index (χ0v) is 12.9. The quantitative estimate of drug-likeness (QED) is 0.645. The minimum atomic E-state index is -3.72. The number of nitrogens with zero attached hydrogens (tertiary/aromatic N) is 2. The number of sulfonamides is 1. The van der Waals surface area contributed by atoms with Crippen molar-refractivity contribution < 1.29 is 23.2 Å². The molecule has 0 atom stereocenters. The van der Waals surface area contributed by atoms with E-state index in [1.807, 2.05) is 7.05 Å². The molecule has 0 unspecified atom stereocenters. The lowest BCUT2D eigenvalue weighted by molar-refractivity contribution is 0.222. The smallest absolute Gasteiger partial charge is 0.488 e. The second-order valence-electron chi connectivity index (χ2n) is 4.99. The van der Waals surface area contributed by atoms with Crippen LogP contribution in [0, 0.1) is 0 Å². The summed E-state index contributed by atoms with van der Waals surface area (Å²) in [5, 5.41) is 18.4. The van der Waals surface area contributed by atoms with Gasteiger partial charge in [0.25, 0.3) is 0 Å². The first-order chi connectivity index (χ1) is 9.86. The summed E-state index contributed by atoms with van der Waals surface area (Å²) in [7, 11) is -2.13. The fraction of sp³-hybridized carbons (Fsp3) is 0.500. The summed E-state index contributed by atoms with van der Waals surface area (Å²) in [6.45, 7) is 2.11. The lowest BCUT2D eigenvalue weighted by Crippen LogP contribution is -2.47. The van der Waals surface area contributed by atoms with Gasteiger partial charge in [-0.25, -0.2) is 8.42 Å². The summed E-state index contributed by atoms with van der Waals surface area (Å²) in [6, 6.07) is 4.10. The van der Waals surface area contributed by atoms with E-state index >= 15 is 0 Å². The third kappa shape index (κ3) is 3.38. The molecule has 116 valence electrons. The molecule has 1 saturated heterocycles. The van der Waals surface area contributed by atoms with Gasteiger partial charge in [-0.2, -0.15) is 4.31 Å². The van der Waals surface area contributed by atoms with E-state index in [1.165, 1.54) is 29.6 Å². The lowest BCUT2D eigenvalue weighted by atomic mass is 9.80. The first-order valence-corrected chi connectivity index (χ1v) is 8.03. The van der Waals surface area contributed by atoms with Gasteiger partial charge in [0.15, 0.2) is 0 Å². The van der Waals surface area contributed by atoms with Crippen LogP contribution in [0.2, 0.25) is 0 Å². The fourth-order valence-corrected chi connectivity index (χ4v) is 3.84. The monoisotopic (exact) mass is 314 g/mol. The van der Waals surface area contributed by atoms with Crippen molar-refractivity contribution in [3.8, 4) is 5.75 Å². The highest BCUT2D eigenvalue weighted by molar-refractivity contribution is 7.89. The zero-order valence-electron chi connectivity index (χ0n) is 12.1. The van der Waals surface area contributed by atoms with Crippen LogP contribution in [0.15, 0.2) is 23.1 Å². The molecule has 0 aromatic heterocycles. The number of rotatable bonds is 4. The minimum absolute atomic E-state index is 0.0415. The van der Waals surface area contributed by atoms with Gasteiger partial charge in [0.05, 0.1) is 7.11 Å². The molecular weight excluding hydrogens is 295 g/mol. The number of benzene rings is 1. The van der Waals surface area contributed by atoms with Gasteiger partial charge in [-0.1, -0.05) is 6.07 Å². The molecule has 9 heteroatoms. The first-order valence-electron chi connectivity index (χ1n) is 6.59. The van der Waals surface area contributed by atoms with Gasteiger partial charge in [0, 0.05) is 26.2 Å². The molecule has 0 radical (unpaired) electrons. The minimum Gasteiger partial charge on any atom is -0.495 e. The Morgan fingerprint density at radius 1 is 1.19 bits per heavy atom. The van der Waals surface area contributed by atoms with E-state index < -0.39 is 17.1 Å². The highest BCUT2D eigenvalue weighted by Gasteiger charge is 2.31. The van der Waals surface area contributed by atoms with Gasteiger partial charge in [-0.05, 0) is 24.6 Å². The van der Waals surface area contributed by atoms with Gasteiger partial charge < -0.3 is 19.7 Å². The Bertz CT molecular complexity index is 600. The zero-order chi connectivity index (χ0) is 15.6. The van der Waals surface area contributed by atoms with Crippen LogP contribution in [-0.2, 0) is 10.0 Å².